The van der Waals surface area contributed by atoms with Crippen molar-refractivity contribution >= 4 is 11.7 Å². The van der Waals surface area contributed by atoms with Gasteiger partial charge >= 0.3 is 0 Å². The van der Waals surface area contributed by atoms with Crippen molar-refractivity contribution in [2.75, 3.05) is 25.0 Å². The van der Waals surface area contributed by atoms with Gasteiger partial charge in [-0.25, -0.2) is 9.99 Å². The van der Waals surface area contributed by atoms with Crippen molar-refractivity contribution in [2.45, 2.75) is 33.1 Å². The molecule has 0 saturated carbocycles. The molecule has 2 N–H and O–H groups in total. The summed E-state index contributed by atoms with van der Waals surface area (Å²) in [4.78, 5) is 16.6. The Hall–Kier alpha value is -1.62. The molecule has 0 aliphatic carbocycles. The standard InChI is InChI=1S/C14H22N4O/c1-3-15-13-10-12(9-11(2)16-13)14(19)17-18-7-5-4-6-8-18/h9-10H,3-8H2,1-2H3,(H,15,16)(H,17,19). The maximum absolute atomic E-state index is 12.2. The maximum Gasteiger partial charge on any atom is 0.265 e. The Morgan fingerprint density at radius 2 is 2.05 bits per heavy atom. The largest absolute Gasteiger partial charge is 0.370 e. The van der Waals surface area contributed by atoms with Crippen LogP contribution in [-0.4, -0.2) is 35.5 Å². The summed E-state index contributed by atoms with van der Waals surface area (Å²) in [5, 5.41) is 5.15. The molecule has 0 unspecified atom stereocenters. The zero-order valence-electron chi connectivity index (χ0n) is 11.7. The molecule has 0 bridgehead atoms. The van der Waals surface area contributed by atoms with E-state index in [2.05, 4.69) is 15.7 Å². The van der Waals surface area contributed by atoms with Crippen molar-refractivity contribution in [2.24, 2.45) is 0 Å². The third-order valence-corrected chi connectivity index (χ3v) is 3.19. The lowest BCUT2D eigenvalue weighted by molar-refractivity contribution is 0.0750. The number of hydrazine groups is 1. The predicted octanol–water partition coefficient (Wildman–Crippen LogP) is 1.95. The Morgan fingerprint density at radius 1 is 1.32 bits per heavy atom. The van der Waals surface area contributed by atoms with Gasteiger partial charge in [-0.2, -0.15) is 0 Å². The number of carbonyl (C=O) groups excluding carboxylic acids is 1. The summed E-state index contributed by atoms with van der Waals surface area (Å²) in [6.07, 6.45) is 3.56. The molecular weight excluding hydrogens is 240 g/mol. The van der Waals surface area contributed by atoms with E-state index >= 15 is 0 Å². The van der Waals surface area contributed by atoms with E-state index in [9.17, 15) is 4.79 Å². The molecule has 5 heteroatoms. The van der Waals surface area contributed by atoms with Crippen LogP contribution in [0.4, 0.5) is 5.82 Å². The van der Waals surface area contributed by atoms with Gasteiger partial charge in [-0.15, -0.1) is 0 Å². The van der Waals surface area contributed by atoms with Crippen molar-refractivity contribution in [3.63, 3.8) is 0 Å². The fraction of sp³-hybridized carbons (Fsp3) is 0.571. The molecule has 19 heavy (non-hydrogen) atoms. The third kappa shape index (κ3) is 3.92. The van der Waals surface area contributed by atoms with Crippen LogP contribution in [0.3, 0.4) is 0 Å². The summed E-state index contributed by atoms with van der Waals surface area (Å²) in [5.74, 6) is 0.706. The Labute approximate surface area is 114 Å². The third-order valence-electron chi connectivity index (χ3n) is 3.19. The van der Waals surface area contributed by atoms with Crippen LogP contribution in [0.5, 0.6) is 0 Å². The molecule has 104 valence electrons. The highest BCUT2D eigenvalue weighted by Crippen LogP contribution is 2.11. The number of nitrogens with zero attached hydrogens (tertiary/aromatic N) is 2. The zero-order chi connectivity index (χ0) is 13.7. The van der Waals surface area contributed by atoms with Gasteiger partial charge in [-0.1, -0.05) is 6.42 Å². The van der Waals surface area contributed by atoms with Crippen molar-refractivity contribution in [1.29, 1.82) is 0 Å². The van der Waals surface area contributed by atoms with Crippen molar-refractivity contribution < 1.29 is 4.79 Å². The minimum atomic E-state index is -0.0495. The second-order valence-corrected chi connectivity index (χ2v) is 4.90. The van der Waals surface area contributed by atoms with Crippen LogP contribution in [0.15, 0.2) is 12.1 Å². The number of pyridine rings is 1. The van der Waals surface area contributed by atoms with E-state index in [4.69, 9.17) is 0 Å². The van der Waals surface area contributed by atoms with Gasteiger partial charge in [0.25, 0.3) is 5.91 Å². The summed E-state index contributed by atoms with van der Waals surface area (Å²) < 4.78 is 0. The molecule has 1 aliphatic rings. The van der Waals surface area contributed by atoms with Gasteiger partial charge in [0.1, 0.15) is 5.82 Å². The molecular formula is C14H22N4O. The summed E-state index contributed by atoms with van der Waals surface area (Å²) in [6, 6.07) is 3.62. The summed E-state index contributed by atoms with van der Waals surface area (Å²) in [5.41, 5.74) is 4.48. The minimum Gasteiger partial charge on any atom is -0.370 e. The zero-order valence-corrected chi connectivity index (χ0v) is 11.7. The lowest BCUT2D eigenvalue weighted by atomic mass is 10.1. The number of carbonyl (C=O) groups is 1. The summed E-state index contributed by atoms with van der Waals surface area (Å²) in [6.45, 7) is 6.59. The highest BCUT2D eigenvalue weighted by atomic mass is 16.2. The number of amides is 1. The predicted molar refractivity (Wildman–Crippen MR) is 76.0 cm³/mol. The molecule has 5 nitrogen and oxygen atoms in total. The Morgan fingerprint density at radius 3 is 2.74 bits per heavy atom. The second kappa shape index (κ2) is 6.52. The number of nitrogens with one attached hydrogen (secondary N) is 2. The first kappa shape index (κ1) is 13.8. The fourth-order valence-corrected chi connectivity index (χ4v) is 2.29. The van der Waals surface area contributed by atoms with E-state index in [1.807, 2.05) is 24.9 Å². The molecule has 1 amide bonds. The molecule has 0 aromatic carbocycles. The van der Waals surface area contributed by atoms with Crippen LogP contribution in [0.1, 0.15) is 42.2 Å². The molecule has 2 heterocycles. The SMILES string of the molecule is CCNc1cc(C(=O)NN2CCCCC2)cc(C)n1. The van der Waals surface area contributed by atoms with E-state index in [1.165, 1.54) is 6.42 Å². The molecule has 2 rings (SSSR count). The van der Waals surface area contributed by atoms with Gasteiger partial charge in [0.15, 0.2) is 0 Å². The quantitative estimate of drug-likeness (QED) is 0.871. The van der Waals surface area contributed by atoms with Gasteiger partial charge in [-0.3, -0.25) is 10.2 Å². The van der Waals surface area contributed by atoms with Gasteiger partial charge < -0.3 is 5.32 Å². The molecule has 1 aliphatic heterocycles. The molecule has 1 saturated heterocycles. The first-order chi connectivity index (χ1) is 9.19. The number of aromatic nitrogens is 1. The highest BCUT2D eigenvalue weighted by molar-refractivity contribution is 5.94. The van der Waals surface area contributed by atoms with Crippen LogP contribution in [0, 0.1) is 6.92 Å². The molecule has 0 radical (unpaired) electrons. The number of piperidine rings is 1. The Balaban J connectivity index is 2.05. The van der Waals surface area contributed by atoms with E-state index in [0.29, 0.717) is 5.56 Å². The molecule has 0 spiro atoms. The van der Waals surface area contributed by atoms with Gasteiger partial charge in [0.05, 0.1) is 0 Å². The molecule has 0 atom stereocenters. The summed E-state index contributed by atoms with van der Waals surface area (Å²) in [7, 11) is 0. The number of hydrogen-bond acceptors (Lipinski definition) is 4. The van der Waals surface area contributed by atoms with Gasteiger partial charge in [-0.05, 0) is 38.8 Å². The number of anilines is 1. The monoisotopic (exact) mass is 262 g/mol. The topological polar surface area (TPSA) is 57.3 Å². The van der Waals surface area contributed by atoms with Crippen LogP contribution < -0.4 is 10.7 Å². The van der Waals surface area contributed by atoms with E-state index < -0.39 is 0 Å². The number of aryl methyl sites for hydroxylation is 1. The molecule has 1 fully saturated rings. The van der Waals surface area contributed by atoms with Crippen LogP contribution in [-0.2, 0) is 0 Å². The highest BCUT2D eigenvalue weighted by Gasteiger charge is 2.15. The van der Waals surface area contributed by atoms with E-state index in [1.54, 1.807) is 6.07 Å². The minimum absolute atomic E-state index is 0.0495. The van der Waals surface area contributed by atoms with Crippen LogP contribution in [0.2, 0.25) is 0 Å². The van der Waals surface area contributed by atoms with Crippen LogP contribution in [0.25, 0.3) is 0 Å². The lowest BCUT2D eigenvalue weighted by Gasteiger charge is -2.26. The first-order valence-corrected chi connectivity index (χ1v) is 6.97. The second-order valence-electron chi connectivity index (χ2n) is 4.90. The van der Waals surface area contributed by atoms with Gasteiger partial charge in [0, 0.05) is 30.9 Å². The van der Waals surface area contributed by atoms with E-state index in [0.717, 1.165) is 44.0 Å². The Bertz CT molecular complexity index is 441. The maximum atomic E-state index is 12.2. The van der Waals surface area contributed by atoms with Crippen molar-refractivity contribution in [1.82, 2.24) is 15.4 Å². The molecule has 1 aromatic heterocycles. The average Bonchev–Trinajstić information content (AvgIpc) is 2.39. The van der Waals surface area contributed by atoms with E-state index in [-0.39, 0.29) is 5.91 Å². The average molecular weight is 262 g/mol. The normalized spacial score (nSPS) is 16.1. The Kier molecular flexibility index (Phi) is 4.74. The van der Waals surface area contributed by atoms with Crippen molar-refractivity contribution in [3.8, 4) is 0 Å². The lowest BCUT2D eigenvalue weighted by Crippen LogP contribution is -2.45. The molecule has 1 aromatic rings. The summed E-state index contributed by atoms with van der Waals surface area (Å²) >= 11 is 0. The number of rotatable bonds is 4. The number of hydrogen-bond donors (Lipinski definition) is 2. The smallest absolute Gasteiger partial charge is 0.265 e. The van der Waals surface area contributed by atoms with Gasteiger partial charge in [0.2, 0.25) is 0 Å². The van der Waals surface area contributed by atoms with Crippen molar-refractivity contribution in [3.05, 3.63) is 23.4 Å². The van der Waals surface area contributed by atoms with Crippen LogP contribution >= 0.6 is 0 Å². The fourth-order valence-electron chi connectivity index (χ4n) is 2.29. The first-order valence-electron chi connectivity index (χ1n) is 6.97.